The third-order valence-electron chi connectivity index (χ3n) is 2.60. The monoisotopic (exact) mass is 226 g/mol. The number of hydrogen-bond donors (Lipinski definition) is 1. The average Bonchev–Trinajstić information content (AvgIpc) is 2.94. The van der Waals surface area contributed by atoms with Crippen molar-refractivity contribution in [2.45, 2.75) is 19.0 Å². The van der Waals surface area contributed by atoms with Gasteiger partial charge in [0.2, 0.25) is 0 Å². The van der Waals surface area contributed by atoms with Crippen molar-refractivity contribution < 1.29 is 9.47 Å². The van der Waals surface area contributed by atoms with E-state index < -0.39 is 0 Å². The predicted molar refractivity (Wildman–Crippen MR) is 58.1 cm³/mol. The lowest BCUT2D eigenvalue weighted by atomic mass is 10.3. The summed E-state index contributed by atoms with van der Waals surface area (Å²) in [4.78, 5) is 4.25. The van der Waals surface area contributed by atoms with E-state index in [0.29, 0.717) is 19.2 Å². The van der Waals surface area contributed by atoms with Gasteiger partial charge in [0, 0.05) is 20.3 Å². The molecule has 0 radical (unpaired) electrons. The highest BCUT2D eigenvalue weighted by Gasteiger charge is 2.18. The van der Waals surface area contributed by atoms with Crippen LogP contribution in [-0.4, -0.2) is 48.2 Å². The van der Waals surface area contributed by atoms with Gasteiger partial charge in [0.15, 0.2) is 5.82 Å². The van der Waals surface area contributed by atoms with E-state index in [1.807, 2.05) is 4.68 Å². The van der Waals surface area contributed by atoms with Crippen molar-refractivity contribution in [2.75, 3.05) is 33.5 Å². The second-order valence-corrected chi connectivity index (χ2v) is 3.83. The average molecular weight is 226 g/mol. The van der Waals surface area contributed by atoms with Crippen molar-refractivity contribution in [1.29, 1.82) is 0 Å². The first-order valence-electron chi connectivity index (χ1n) is 5.57. The van der Waals surface area contributed by atoms with Crippen LogP contribution in [0.25, 0.3) is 0 Å². The lowest BCUT2D eigenvalue weighted by Gasteiger charge is -2.05. The summed E-state index contributed by atoms with van der Waals surface area (Å²) in [5, 5.41) is 7.62. The van der Waals surface area contributed by atoms with Crippen LogP contribution in [0, 0.1) is 0 Å². The number of nitrogens with one attached hydrogen (secondary N) is 1. The minimum absolute atomic E-state index is 0.361. The van der Waals surface area contributed by atoms with Gasteiger partial charge in [-0.1, -0.05) is 0 Å². The summed E-state index contributed by atoms with van der Waals surface area (Å²) in [5.74, 6) is 0.822. The highest BCUT2D eigenvalue weighted by molar-refractivity contribution is 4.84. The molecular formula is C10H18N4O2. The molecule has 1 fully saturated rings. The SMILES string of the molecule is COCCNCc1ncn(C2CCOC2)n1. The minimum Gasteiger partial charge on any atom is -0.383 e. The van der Waals surface area contributed by atoms with Gasteiger partial charge in [-0.15, -0.1) is 0 Å². The van der Waals surface area contributed by atoms with Gasteiger partial charge in [-0.25, -0.2) is 9.67 Å². The molecule has 1 saturated heterocycles. The first kappa shape index (κ1) is 11.5. The second-order valence-electron chi connectivity index (χ2n) is 3.83. The Bertz CT molecular complexity index is 310. The lowest BCUT2D eigenvalue weighted by molar-refractivity contribution is 0.184. The lowest BCUT2D eigenvalue weighted by Crippen LogP contribution is -2.19. The topological polar surface area (TPSA) is 61.2 Å². The van der Waals surface area contributed by atoms with Crippen molar-refractivity contribution in [1.82, 2.24) is 20.1 Å². The fourth-order valence-electron chi connectivity index (χ4n) is 1.67. The molecule has 1 aromatic rings. The van der Waals surface area contributed by atoms with Crippen LogP contribution in [0.3, 0.4) is 0 Å². The largest absolute Gasteiger partial charge is 0.383 e. The van der Waals surface area contributed by atoms with Crippen LogP contribution in [0.15, 0.2) is 6.33 Å². The molecule has 6 nitrogen and oxygen atoms in total. The highest BCUT2D eigenvalue weighted by atomic mass is 16.5. The van der Waals surface area contributed by atoms with E-state index in [-0.39, 0.29) is 0 Å². The van der Waals surface area contributed by atoms with Crippen LogP contribution in [0.5, 0.6) is 0 Å². The maximum absolute atomic E-state index is 5.31. The zero-order valence-electron chi connectivity index (χ0n) is 9.56. The summed E-state index contributed by atoms with van der Waals surface area (Å²) in [6.45, 7) is 3.78. The molecule has 1 N–H and O–H groups in total. The molecule has 2 rings (SSSR count). The molecule has 16 heavy (non-hydrogen) atoms. The minimum atomic E-state index is 0.361. The van der Waals surface area contributed by atoms with Crippen LogP contribution >= 0.6 is 0 Å². The number of rotatable bonds is 6. The number of ether oxygens (including phenoxy) is 2. The maximum atomic E-state index is 5.31. The zero-order valence-corrected chi connectivity index (χ0v) is 9.56. The van der Waals surface area contributed by atoms with Crippen molar-refractivity contribution >= 4 is 0 Å². The Morgan fingerprint density at radius 1 is 1.69 bits per heavy atom. The van der Waals surface area contributed by atoms with Crippen LogP contribution in [0.1, 0.15) is 18.3 Å². The fraction of sp³-hybridized carbons (Fsp3) is 0.800. The van der Waals surface area contributed by atoms with Crippen LogP contribution in [-0.2, 0) is 16.0 Å². The van der Waals surface area contributed by atoms with Gasteiger partial charge in [-0.3, -0.25) is 0 Å². The summed E-state index contributed by atoms with van der Waals surface area (Å²) >= 11 is 0. The van der Waals surface area contributed by atoms with Crippen molar-refractivity contribution in [3.63, 3.8) is 0 Å². The summed E-state index contributed by atoms with van der Waals surface area (Å²) < 4.78 is 12.2. The van der Waals surface area contributed by atoms with Gasteiger partial charge < -0.3 is 14.8 Å². The van der Waals surface area contributed by atoms with Gasteiger partial charge in [-0.2, -0.15) is 5.10 Å². The van der Waals surface area contributed by atoms with E-state index in [9.17, 15) is 0 Å². The Hall–Kier alpha value is -0.980. The third-order valence-corrected chi connectivity index (χ3v) is 2.60. The fourth-order valence-corrected chi connectivity index (χ4v) is 1.67. The van der Waals surface area contributed by atoms with Gasteiger partial charge in [0.25, 0.3) is 0 Å². The first-order valence-corrected chi connectivity index (χ1v) is 5.57. The molecule has 0 aromatic carbocycles. The summed E-state index contributed by atoms with van der Waals surface area (Å²) in [7, 11) is 1.69. The van der Waals surface area contributed by atoms with Gasteiger partial charge in [-0.05, 0) is 6.42 Å². The second kappa shape index (κ2) is 5.93. The number of methoxy groups -OCH3 is 1. The Balaban J connectivity index is 1.77. The van der Waals surface area contributed by atoms with Gasteiger partial charge >= 0.3 is 0 Å². The van der Waals surface area contributed by atoms with E-state index in [4.69, 9.17) is 9.47 Å². The molecule has 0 spiro atoms. The van der Waals surface area contributed by atoms with Crippen LogP contribution in [0.4, 0.5) is 0 Å². The summed E-state index contributed by atoms with van der Waals surface area (Å²) in [6, 6.07) is 0.361. The van der Waals surface area contributed by atoms with E-state index >= 15 is 0 Å². The first-order chi connectivity index (χ1) is 7.90. The van der Waals surface area contributed by atoms with Gasteiger partial charge in [0.05, 0.1) is 25.8 Å². The van der Waals surface area contributed by atoms with E-state index in [1.165, 1.54) is 0 Å². The van der Waals surface area contributed by atoms with E-state index in [1.54, 1.807) is 13.4 Å². The Morgan fingerprint density at radius 2 is 2.62 bits per heavy atom. The number of aromatic nitrogens is 3. The van der Waals surface area contributed by atoms with Crippen LogP contribution in [0.2, 0.25) is 0 Å². The molecule has 0 saturated carbocycles. The van der Waals surface area contributed by atoms with Crippen molar-refractivity contribution in [3.05, 3.63) is 12.2 Å². The number of nitrogens with zero attached hydrogens (tertiary/aromatic N) is 3. The molecule has 6 heteroatoms. The van der Waals surface area contributed by atoms with Crippen LogP contribution < -0.4 is 5.32 Å². The molecule has 2 heterocycles. The maximum Gasteiger partial charge on any atom is 0.164 e. The van der Waals surface area contributed by atoms with E-state index in [2.05, 4.69) is 15.4 Å². The quantitative estimate of drug-likeness (QED) is 0.690. The Labute approximate surface area is 94.9 Å². The molecule has 1 unspecified atom stereocenters. The summed E-state index contributed by atoms with van der Waals surface area (Å²) in [6.07, 6.45) is 2.81. The zero-order chi connectivity index (χ0) is 11.2. The smallest absolute Gasteiger partial charge is 0.164 e. The van der Waals surface area contributed by atoms with Gasteiger partial charge in [0.1, 0.15) is 6.33 Å². The Kier molecular flexibility index (Phi) is 4.26. The normalized spacial score (nSPS) is 20.4. The molecular weight excluding hydrogens is 208 g/mol. The molecule has 90 valence electrons. The molecule has 1 aliphatic rings. The van der Waals surface area contributed by atoms with E-state index in [0.717, 1.165) is 32.0 Å². The van der Waals surface area contributed by atoms with Crippen molar-refractivity contribution in [3.8, 4) is 0 Å². The molecule has 1 aliphatic heterocycles. The highest BCUT2D eigenvalue weighted by Crippen LogP contribution is 2.16. The molecule has 0 aliphatic carbocycles. The Morgan fingerprint density at radius 3 is 3.38 bits per heavy atom. The number of hydrogen-bond acceptors (Lipinski definition) is 5. The molecule has 0 amide bonds. The molecule has 0 bridgehead atoms. The third kappa shape index (κ3) is 3.01. The molecule has 1 atom stereocenters. The summed E-state index contributed by atoms with van der Waals surface area (Å²) in [5.41, 5.74) is 0. The van der Waals surface area contributed by atoms with Crippen molar-refractivity contribution in [2.24, 2.45) is 0 Å². The molecule has 1 aromatic heterocycles. The standard InChI is InChI=1S/C10H18N4O2/c1-15-5-3-11-6-10-12-8-14(13-10)9-2-4-16-7-9/h8-9,11H,2-7H2,1H3. The predicted octanol–water partition coefficient (Wildman–Crippen LogP) is -0.0245.